The average molecular weight is 312 g/mol. The van der Waals surface area contributed by atoms with E-state index in [1.54, 1.807) is 0 Å². The quantitative estimate of drug-likeness (QED) is 0.603. The second-order valence-electron chi connectivity index (χ2n) is 4.11. The van der Waals surface area contributed by atoms with Crippen molar-refractivity contribution in [2.45, 2.75) is 6.42 Å². The average Bonchev–Trinajstić information content (AvgIpc) is 2.43. The Bertz CT molecular complexity index is 506. The molecule has 19 heavy (non-hydrogen) atoms. The zero-order valence-electron chi connectivity index (χ0n) is 10.2. The molecule has 0 heterocycles. The third kappa shape index (κ3) is 4.01. The van der Waals surface area contributed by atoms with Gasteiger partial charge in [-0.15, -0.1) is 11.6 Å². The molecule has 0 bridgehead atoms. The van der Waals surface area contributed by atoms with Crippen molar-refractivity contribution in [2.75, 3.05) is 5.88 Å². The molecule has 0 unspecified atom stereocenters. The third-order valence-corrected chi connectivity index (χ3v) is 3.49. The molecule has 0 radical (unpaired) electrons. The predicted octanol–water partition coefficient (Wildman–Crippen LogP) is 6.05. The maximum Gasteiger partial charge on any atom is 0.0406 e. The summed E-state index contributed by atoms with van der Waals surface area (Å²) >= 11 is 17.6. The fraction of sp³-hybridized carbons (Fsp3) is 0.125. The van der Waals surface area contributed by atoms with E-state index in [9.17, 15) is 0 Å². The summed E-state index contributed by atoms with van der Waals surface area (Å²) in [5.41, 5.74) is 3.39. The first-order valence-electron chi connectivity index (χ1n) is 5.98. The van der Waals surface area contributed by atoms with Crippen LogP contribution < -0.4 is 0 Å². The smallest absolute Gasteiger partial charge is 0.0406 e. The van der Waals surface area contributed by atoms with Gasteiger partial charge < -0.3 is 0 Å². The Morgan fingerprint density at radius 3 is 1.58 bits per heavy atom. The number of hydrogen-bond acceptors (Lipinski definition) is 0. The first-order valence-corrected chi connectivity index (χ1v) is 7.28. The molecule has 0 N–H and O–H groups in total. The molecule has 0 amide bonds. The SMILES string of the molecule is ClCCC=C(c1ccc(Cl)cc1)c1ccc(Cl)cc1. The van der Waals surface area contributed by atoms with E-state index in [1.807, 2.05) is 48.5 Å². The highest BCUT2D eigenvalue weighted by molar-refractivity contribution is 6.31. The molecule has 2 aromatic rings. The van der Waals surface area contributed by atoms with Crippen molar-refractivity contribution in [1.82, 2.24) is 0 Å². The van der Waals surface area contributed by atoms with Crippen molar-refractivity contribution in [3.63, 3.8) is 0 Å². The number of rotatable bonds is 4. The Morgan fingerprint density at radius 2 is 1.21 bits per heavy atom. The van der Waals surface area contributed by atoms with Gasteiger partial charge in [0, 0.05) is 15.9 Å². The van der Waals surface area contributed by atoms with Gasteiger partial charge in [-0.05, 0) is 47.4 Å². The minimum absolute atomic E-state index is 0.602. The molecule has 0 aliphatic carbocycles. The monoisotopic (exact) mass is 310 g/mol. The van der Waals surface area contributed by atoms with Crippen molar-refractivity contribution in [3.8, 4) is 0 Å². The van der Waals surface area contributed by atoms with Crippen LogP contribution in [0.15, 0.2) is 54.6 Å². The van der Waals surface area contributed by atoms with E-state index in [0.29, 0.717) is 5.88 Å². The van der Waals surface area contributed by atoms with Gasteiger partial charge in [0.1, 0.15) is 0 Å². The van der Waals surface area contributed by atoms with Gasteiger partial charge in [0.25, 0.3) is 0 Å². The lowest BCUT2D eigenvalue weighted by molar-refractivity contribution is 1.23. The van der Waals surface area contributed by atoms with Crippen LogP contribution in [0.25, 0.3) is 5.57 Å². The molecule has 0 aliphatic heterocycles. The Hall–Kier alpha value is -0.950. The first-order chi connectivity index (χ1) is 9.20. The van der Waals surface area contributed by atoms with Crippen LogP contribution in [-0.4, -0.2) is 5.88 Å². The zero-order chi connectivity index (χ0) is 13.7. The van der Waals surface area contributed by atoms with Gasteiger partial charge in [-0.2, -0.15) is 0 Å². The molecule has 2 aromatic carbocycles. The van der Waals surface area contributed by atoms with Crippen molar-refractivity contribution in [3.05, 3.63) is 75.8 Å². The molecule has 3 heteroatoms. The highest BCUT2D eigenvalue weighted by Crippen LogP contribution is 2.26. The Balaban J connectivity index is 2.41. The summed E-state index contributed by atoms with van der Waals surface area (Å²) in [6.07, 6.45) is 2.96. The van der Waals surface area contributed by atoms with E-state index in [2.05, 4.69) is 6.08 Å². The van der Waals surface area contributed by atoms with Crippen LogP contribution in [0, 0.1) is 0 Å². The van der Waals surface area contributed by atoms with Crippen LogP contribution >= 0.6 is 34.8 Å². The highest BCUT2D eigenvalue weighted by atomic mass is 35.5. The molecule has 0 spiro atoms. The van der Waals surface area contributed by atoms with Crippen molar-refractivity contribution in [1.29, 1.82) is 0 Å². The van der Waals surface area contributed by atoms with Gasteiger partial charge in [0.2, 0.25) is 0 Å². The molecule has 0 nitrogen and oxygen atoms in total. The van der Waals surface area contributed by atoms with Gasteiger partial charge in [-0.25, -0.2) is 0 Å². The lowest BCUT2D eigenvalue weighted by Gasteiger charge is -2.09. The van der Waals surface area contributed by atoms with Crippen LogP contribution in [0.5, 0.6) is 0 Å². The summed E-state index contributed by atoms with van der Waals surface area (Å²) in [5, 5.41) is 1.47. The zero-order valence-corrected chi connectivity index (χ0v) is 12.5. The van der Waals surface area contributed by atoms with Crippen LogP contribution in [0.2, 0.25) is 10.0 Å². The molecule has 0 aliphatic rings. The van der Waals surface area contributed by atoms with Gasteiger partial charge in [0.05, 0.1) is 0 Å². The summed E-state index contributed by atoms with van der Waals surface area (Å²) in [7, 11) is 0. The second kappa shape index (κ2) is 7.00. The Labute approximate surface area is 128 Å². The van der Waals surface area contributed by atoms with E-state index >= 15 is 0 Å². The lowest BCUT2D eigenvalue weighted by atomic mass is 9.97. The normalized spacial score (nSPS) is 10.3. The van der Waals surface area contributed by atoms with E-state index in [1.165, 1.54) is 0 Å². The van der Waals surface area contributed by atoms with Crippen molar-refractivity contribution in [2.24, 2.45) is 0 Å². The number of alkyl halides is 1. The summed E-state index contributed by atoms with van der Waals surface area (Å²) in [5.74, 6) is 0.602. The number of allylic oxidation sites excluding steroid dienone is 1. The van der Waals surface area contributed by atoms with Gasteiger partial charge in [-0.3, -0.25) is 0 Å². The van der Waals surface area contributed by atoms with Crippen LogP contribution in [-0.2, 0) is 0 Å². The second-order valence-corrected chi connectivity index (χ2v) is 5.36. The molecule has 0 aromatic heterocycles. The topological polar surface area (TPSA) is 0 Å². The van der Waals surface area contributed by atoms with Crippen LogP contribution in [0.3, 0.4) is 0 Å². The maximum atomic E-state index is 5.93. The minimum atomic E-state index is 0.602. The first kappa shape index (κ1) is 14.5. The van der Waals surface area contributed by atoms with E-state index in [-0.39, 0.29) is 0 Å². The Morgan fingerprint density at radius 1 is 0.789 bits per heavy atom. The molecule has 98 valence electrons. The van der Waals surface area contributed by atoms with E-state index in [4.69, 9.17) is 34.8 Å². The molecular formula is C16H13Cl3. The fourth-order valence-corrected chi connectivity index (χ4v) is 2.22. The molecule has 0 fully saturated rings. The largest absolute Gasteiger partial charge is 0.126 e. The standard InChI is InChI=1S/C16H13Cl3/c17-11-1-2-16(12-3-7-14(18)8-4-12)13-5-9-15(19)10-6-13/h2-10H,1,11H2. The van der Waals surface area contributed by atoms with E-state index < -0.39 is 0 Å². The highest BCUT2D eigenvalue weighted by Gasteiger charge is 2.05. The minimum Gasteiger partial charge on any atom is -0.126 e. The summed E-state index contributed by atoms with van der Waals surface area (Å²) in [6.45, 7) is 0. The molecule has 0 saturated carbocycles. The van der Waals surface area contributed by atoms with Gasteiger partial charge >= 0.3 is 0 Å². The van der Waals surface area contributed by atoms with Crippen molar-refractivity contribution < 1.29 is 0 Å². The maximum absolute atomic E-state index is 5.93. The number of halogens is 3. The number of benzene rings is 2. The van der Waals surface area contributed by atoms with Gasteiger partial charge in [0.15, 0.2) is 0 Å². The Kier molecular flexibility index (Phi) is 5.33. The van der Waals surface area contributed by atoms with Gasteiger partial charge in [-0.1, -0.05) is 53.5 Å². The summed E-state index contributed by atoms with van der Waals surface area (Å²) in [6, 6.07) is 15.6. The van der Waals surface area contributed by atoms with Crippen molar-refractivity contribution >= 4 is 40.4 Å². The molecule has 0 atom stereocenters. The van der Waals surface area contributed by atoms with Crippen LogP contribution in [0.1, 0.15) is 17.5 Å². The third-order valence-electron chi connectivity index (χ3n) is 2.77. The van der Waals surface area contributed by atoms with E-state index in [0.717, 1.165) is 33.2 Å². The number of hydrogen-bond donors (Lipinski definition) is 0. The summed E-state index contributed by atoms with van der Waals surface area (Å²) < 4.78 is 0. The van der Waals surface area contributed by atoms with Crippen LogP contribution in [0.4, 0.5) is 0 Å². The fourth-order valence-electron chi connectivity index (χ4n) is 1.86. The lowest BCUT2D eigenvalue weighted by Crippen LogP contribution is -1.88. The molecule has 2 rings (SSSR count). The predicted molar refractivity (Wildman–Crippen MR) is 85.3 cm³/mol. The summed E-state index contributed by atoms with van der Waals surface area (Å²) in [4.78, 5) is 0. The molecule has 0 saturated heterocycles. The molecular weight excluding hydrogens is 299 g/mol.